The first-order valence-electron chi connectivity index (χ1n) is 6.72. The summed E-state index contributed by atoms with van der Waals surface area (Å²) < 4.78 is 0. The van der Waals surface area contributed by atoms with E-state index in [0.717, 1.165) is 17.8 Å². The van der Waals surface area contributed by atoms with Crippen molar-refractivity contribution in [3.05, 3.63) is 17.0 Å². The second-order valence-electron chi connectivity index (χ2n) is 5.38. The van der Waals surface area contributed by atoms with Crippen molar-refractivity contribution in [3.63, 3.8) is 0 Å². The first kappa shape index (κ1) is 15.2. The highest BCUT2D eigenvalue weighted by Gasteiger charge is 2.15. The fourth-order valence-electron chi connectivity index (χ4n) is 2.06. The molecule has 0 aliphatic rings. The Morgan fingerprint density at radius 1 is 1.22 bits per heavy atom. The van der Waals surface area contributed by atoms with Crippen molar-refractivity contribution in [1.29, 1.82) is 0 Å². The number of hydrogen-bond donors (Lipinski definition) is 1. The number of nitrogens with one attached hydrogen (secondary N) is 1. The van der Waals surface area contributed by atoms with Crippen LogP contribution < -0.4 is 5.32 Å². The third-order valence-electron chi connectivity index (χ3n) is 3.25. The summed E-state index contributed by atoms with van der Waals surface area (Å²) in [6.07, 6.45) is 3.86. The third kappa shape index (κ3) is 4.13. The van der Waals surface area contributed by atoms with Crippen molar-refractivity contribution < 1.29 is 0 Å². The van der Waals surface area contributed by atoms with Gasteiger partial charge in [-0.15, -0.1) is 0 Å². The summed E-state index contributed by atoms with van der Waals surface area (Å²) in [5, 5.41) is 4.02. The topological polar surface area (TPSA) is 37.8 Å². The van der Waals surface area contributed by atoms with E-state index in [1.54, 1.807) is 0 Å². The quantitative estimate of drug-likeness (QED) is 0.773. The van der Waals surface area contributed by atoms with Crippen molar-refractivity contribution >= 4 is 17.4 Å². The molecule has 0 radical (unpaired) electrons. The van der Waals surface area contributed by atoms with Gasteiger partial charge in [0.05, 0.1) is 0 Å². The molecule has 0 aromatic carbocycles. The van der Waals surface area contributed by atoms with Gasteiger partial charge in [-0.2, -0.15) is 0 Å². The highest BCUT2D eigenvalue weighted by atomic mass is 35.5. The van der Waals surface area contributed by atoms with Gasteiger partial charge in [0.1, 0.15) is 17.3 Å². The Kier molecular flexibility index (Phi) is 5.86. The van der Waals surface area contributed by atoms with Crippen molar-refractivity contribution in [3.8, 4) is 0 Å². The largest absolute Gasteiger partial charge is 0.367 e. The summed E-state index contributed by atoms with van der Waals surface area (Å²) >= 11 is 6.15. The lowest BCUT2D eigenvalue weighted by Crippen LogP contribution is -2.20. The van der Waals surface area contributed by atoms with E-state index in [1.165, 1.54) is 12.7 Å². The molecule has 0 aliphatic heterocycles. The molecule has 0 spiro atoms. The molecule has 3 nitrogen and oxygen atoms in total. The SMILES string of the molecule is CCC(C)CC(C)Nc1ncnc(Cl)c1C(C)C. The van der Waals surface area contributed by atoms with Crippen molar-refractivity contribution in [2.24, 2.45) is 5.92 Å². The lowest BCUT2D eigenvalue weighted by molar-refractivity contribution is 0.483. The van der Waals surface area contributed by atoms with E-state index in [-0.39, 0.29) is 0 Å². The smallest absolute Gasteiger partial charge is 0.138 e. The van der Waals surface area contributed by atoms with Gasteiger partial charge in [-0.25, -0.2) is 9.97 Å². The van der Waals surface area contributed by atoms with Crippen LogP contribution in [-0.2, 0) is 0 Å². The molecule has 4 heteroatoms. The van der Waals surface area contributed by atoms with E-state index < -0.39 is 0 Å². The minimum absolute atomic E-state index is 0.317. The molecule has 1 aromatic rings. The van der Waals surface area contributed by atoms with Crippen LogP contribution in [-0.4, -0.2) is 16.0 Å². The second kappa shape index (κ2) is 6.93. The number of rotatable bonds is 6. The molecular formula is C14H24ClN3. The predicted molar refractivity (Wildman–Crippen MR) is 78.3 cm³/mol. The Morgan fingerprint density at radius 2 is 1.89 bits per heavy atom. The Balaban J connectivity index is 2.81. The van der Waals surface area contributed by atoms with Crippen LogP contribution >= 0.6 is 11.6 Å². The number of aromatic nitrogens is 2. The molecule has 102 valence electrons. The zero-order valence-electron chi connectivity index (χ0n) is 12.0. The molecule has 0 saturated heterocycles. The number of nitrogens with zero attached hydrogens (tertiary/aromatic N) is 2. The second-order valence-corrected chi connectivity index (χ2v) is 5.73. The Bertz CT molecular complexity index is 379. The van der Waals surface area contributed by atoms with E-state index in [9.17, 15) is 0 Å². The maximum Gasteiger partial charge on any atom is 0.138 e. The van der Waals surface area contributed by atoms with Crippen LogP contribution in [0.15, 0.2) is 6.33 Å². The molecule has 0 aliphatic carbocycles. The van der Waals surface area contributed by atoms with Gasteiger partial charge in [0.2, 0.25) is 0 Å². The normalized spacial score (nSPS) is 14.6. The van der Waals surface area contributed by atoms with E-state index in [1.807, 2.05) is 0 Å². The number of hydrogen-bond acceptors (Lipinski definition) is 3. The van der Waals surface area contributed by atoms with Crippen LogP contribution in [0.2, 0.25) is 5.15 Å². The third-order valence-corrected chi connectivity index (χ3v) is 3.55. The summed E-state index contributed by atoms with van der Waals surface area (Å²) in [6.45, 7) is 10.9. The zero-order valence-corrected chi connectivity index (χ0v) is 12.8. The Labute approximate surface area is 115 Å². The van der Waals surface area contributed by atoms with E-state index in [2.05, 4.69) is 49.9 Å². The number of anilines is 1. The summed E-state index contributed by atoms with van der Waals surface area (Å²) in [7, 11) is 0. The fourth-order valence-corrected chi connectivity index (χ4v) is 2.41. The lowest BCUT2D eigenvalue weighted by atomic mass is 10.00. The lowest BCUT2D eigenvalue weighted by Gasteiger charge is -2.21. The van der Waals surface area contributed by atoms with Crippen LogP contribution in [0.4, 0.5) is 5.82 Å². The highest BCUT2D eigenvalue weighted by molar-refractivity contribution is 6.30. The molecule has 0 fully saturated rings. The van der Waals surface area contributed by atoms with Crippen molar-refractivity contribution in [1.82, 2.24) is 9.97 Å². The first-order valence-corrected chi connectivity index (χ1v) is 7.10. The van der Waals surface area contributed by atoms with Crippen LogP contribution in [0.3, 0.4) is 0 Å². The van der Waals surface area contributed by atoms with E-state index in [4.69, 9.17) is 11.6 Å². The standard InChI is InChI=1S/C14H24ClN3/c1-6-10(4)7-11(5)18-14-12(9(2)3)13(15)16-8-17-14/h8-11H,6-7H2,1-5H3,(H,16,17,18). The predicted octanol–water partition coefficient (Wildman–Crippen LogP) is 4.49. The van der Waals surface area contributed by atoms with Gasteiger partial charge >= 0.3 is 0 Å². The molecule has 2 atom stereocenters. The fraction of sp³-hybridized carbons (Fsp3) is 0.714. The minimum Gasteiger partial charge on any atom is -0.367 e. The molecule has 1 heterocycles. The average molecular weight is 270 g/mol. The van der Waals surface area contributed by atoms with Crippen molar-refractivity contribution in [2.45, 2.75) is 59.4 Å². The maximum absolute atomic E-state index is 6.15. The van der Waals surface area contributed by atoms with Crippen LogP contribution in [0, 0.1) is 5.92 Å². The highest BCUT2D eigenvalue weighted by Crippen LogP contribution is 2.28. The van der Waals surface area contributed by atoms with E-state index in [0.29, 0.717) is 23.0 Å². The van der Waals surface area contributed by atoms with Crippen LogP contribution in [0.25, 0.3) is 0 Å². The van der Waals surface area contributed by atoms with Gasteiger partial charge in [0.25, 0.3) is 0 Å². The summed E-state index contributed by atoms with van der Waals surface area (Å²) in [5.41, 5.74) is 1.01. The van der Waals surface area contributed by atoms with Crippen molar-refractivity contribution in [2.75, 3.05) is 5.32 Å². The minimum atomic E-state index is 0.317. The van der Waals surface area contributed by atoms with Gasteiger partial charge in [-0.05, 0) is 25.2 Å². The molecule has 18 heavy (non-hydrogen) atoms. The molecule has 0 amide bonds. The molecule has 1 rings (SSSR count). The van der Waals surface area contributed by atoms with Gasteiger partial charge in [0.15, 0.2) is 0 Å². The van der Waals surface area contributed by atoms with Crippen LogP contribution in [0.5, 0.6) is 0 Å². The molecule has 0 bridgehead atoms. The van der Waals surface area contributed by atoms with Gasteiger partial charge in [0, 0.05) is 11.6 Å². The molecule has 1 N–H and O–H groups in total. The van der Waals surface area contributed by atoms with Gasteiger partial charge < -0.3 is 5.32 Å². The molecule has 0 saturated carbocycles. The Morgan fingerprint density at radius 3 is 2.44 bits per heavy atom. The Hall–Kier alpha value is -0.830. The average Bonchev–Trinajstić information content (AvgIpc) is 2.28. The maximum atomic E-state index is 6.15. The molecular weight excluding hydrogens is 246 g/mol. The monoisotopic (exact) mass is 269 g/mol. The first-order chi connectivity index (χ1) is 8.45. The molecule has 2 unspecified atom stereocenters. The van der Waals surface area contributed by atoms with Crippen LogP contribution in [0.1, 0.15) is 58.9 Å². The van der Waals surface area contributed by atoms with Gasteiger partial charge in [-0.1, -0.05) is 45.7 Å². The van der Waals surface area contributed by atoms with Gasteiger partial charge in [-0.3, -0.25) is 0 Å². The number of halogens is 1. The molecule has 1 aromatic heterocycles. The summed E-state index contributed by atoms with van der Waals surface area (Å²) in [4.78, 5) is 8.39. The van der Waals surface area contributed by atoms with E-state index >= 15 is 0 Å². The summed E-state index contributed by atoms with van der Waals surface area (Å²) in [6, 6.07) is 0.392. The zero-order chi connectivity index (χ0) is 13.7. The summed E-state index contributed by atoms with van der Waals surface area (Å²) in [5.74, 6) is 1.91.